The van der Waals surface area contributed by atoms with Crippen molar-refractivity contribution in [2.24, 2.45) is 0 Å². The Morgan fingerprint density at radius 3 is 2.74 bits per heavy atom. The van der Waals surface area contributed by atoms with Gasteiger partial charge >= 0.3 is 0 Å². The molecule has 0 aliphatic carbocycles. The number of carbonyl (C=O) groups is 1. The lowest BCUT2D eigenvalue weighted by Gasteiger charge is -2.26. The molecule has 6 heteroatoms. The first-order chi connectivity index (χ1) is 11.1. The summed E-state index contributed by atoms with van der Waals surface area (Å²) in [5, 5.41) is 0. The summed E-state index contributed by atoms with van der Waals surface area (Å²) < 4.78 is 11.7. The third-order valence-corrected chi connectivity index (χ3v) is 5.71. The van der Waals surface area contributed by atoms with Crippen molar-refractivity contribution in [3.63, 3.8) is 0 Å². The SMILES string of the molecule is COc1ccc([C@@H]2CCCN2C(=O)c2ccc(Br)s2)c(OC)c1. The fourth-order valence-electron chi connectivity index (χ4n) is 3.00. The van der Waals surface area contributed by atoms with Gasteiger partial charge in [-0.2, -0.15) is 0 Å². The van der Waals surface area contributed by atoms with E-state index in [-0.39, 0.29) is 11.9 Å². The fourth-order valence-corrected chi connectivity index (χ4v) is 4.34. The van der Waals surface area contributed by atoms with Crippen molar-refractivity contribution in [1.29, 1.82) is 0 Å². The number of rotatable bonds is 4. The van der Waals surface area contributed by atoms with Crippen molar-refractivity contribution in [1.82, 2.24) is 4.90 Å². The van der Waals surface area contributed by atoms with Crippen molar-refractivity contribution in [2.45, 2.75) is 18.9 Å². The average Bonchev–Trinajstić information content (AvgIpc) is 3.22. The molecule has 1 saturated heterocycles. The normalized spacial score (nSPS) is 17.3. The largest absolute Gasteiger partial charge is 0.497 e. The minimum Gasteiger partial charge on any atom is -0.497 e. The van der Waals surface area contributed by atoms with Gasteiger partial charge in [0.05, 0.1) is 28.9 Å². The highest BCUT2D eigenvalue weighted by Gasteiger charge is 2.33. The minimum absolute atomic E-state index is 0.0456. The molecule has 0 bridgehead atoms. The van der Waals surface area contributed by atoms with Gasteiger partial charge in [-0.15, -0.1) is 11.3 Å². The summed E-state index contributed by atoms with van der Waals surface area (Å²) in [7, 11) is 3.28. The molecule has 2 heterocycles. The molecule has 1 aliphatic heterocycles. The molecule has 0 unspecified atom stereocenters. The van der Waals surface area contributed by atoms with E-state index in [9.17, 15) is 4.79 Å². The Bertz CT molecular complexity index is 716. The van der Waals surface area contributed by atoms with E-state index in [0.29, 0.717) is 0 Å². The monoisotopic (exact) mass is 395 g/mol. The molecule has 23 heavy (non-hydrogen) atoms. The van der Waals surface area contributed by atoms with Crippen LogP contribution in [-0.4, -0.2) is 31.6 Å². The highest BCUT2D eigenvalue weighted by molar-refractivity contribution is 9.11. The molecule has 0 N–H and O–H groups in total. The molecule has 122 valence electrons. The Morgan fingerprint density at radius 1 is 1.26 bits per heavy atom. The first kappa shape index (κ1) is 16.3. The van der Waals surface area contributed by atoms with Crippen molar-refractivity contribution in [2.75, 3.05) is 20.8 Å². The molecule has 1 amide bonds. The molecule has 3 rings (SSSR count). The van der Waals surface area contributed by atoms with Crippen LogP contribution in [-0.2, 0) is 0 Å². The second-order valence-electron chi connectivity index (χ2n) is 5.37. The number of benzene rings is 1. The number of carbonyl (C=O) groups excluding carboxylic acids is 1. The van der Waals surface area contributed by atoms with Crippen molar-refractivity contribution < 1.29 is 14.3 Å². The molecule has 4 nitrogen and oxygen atoms in total. The molecule has 1 fully saturated rings. The number of hydrogen-bond acceptors (Lipinski definition) is 4. The zero-order valence-electron chi connectivity index (χ0n) is 13.0. The molecule has 1 atom stereocenters. The Kier molecular flexibility index (Phi) is 4.92. The first-order valence-electron chi connectivity index (χ1n) is 7.42. The minimum atomic E-state index is 0.0456. The highest BCUT2D eigenvalue weighted by Crippen LogP contribution is 2.40. The van der Waals surface area contributed by atoms with Gasteiger partial charge < -0.3 is 14.4 Å². The quantitative estimate of drug-likeness (QED) is 0.764. The summed E-state index contributed by atoms with van der Waals surface area (Å²) in [5.74, 6) is 1.60. The summed E-state index contributed by atoms with van der Waals surface area (Å²) in [5.41, 5.74) is 1.04. The summed E-state index contributed by atoms with van der Waals surface area (Å²) in [4.78, 5) is 15.5. The molecule has 2 aromatic rings. The first-order valence-corrected chi connectivity index (χ1v) is 9.03. The number of hydrogen-bond donors (Lipinski definition) is 0. The maximum Gasteiger partial charge on any atom is 0.264 e. The summed E-state index contributed by atoms with van der Waals surface area (Å²) >= 11 is 4.89. The lowest BCUT2D eigenvalue weighted by atomic mass is 10.0. The Labute approximate surface area is 148 Å². The predicted molar refractivity (Wildman–Crippen MR) is 94.6 cm³/mol. The van der Waals surface area contributed by atoms with Crippen LogP contribution in [0.2, 0.25) is 0 Å². The highest BCUT2D eigenvalue weighted by atomic mass is 79.9. The Balaban J connectivity index is 1.91. The molecule has 1 aliphatic rings. The Hall–Kier alpha value is -1.53. The summed E-state index contributed by atoms with van der Waals surface area (Å²) in [6.07, 6.45) is 1.94. The van der Waals surface area contributed by atoms with Gasteiger partial charge in [0.25, 0.3) is 5.91 Å². The van der Waals surface area contributed by atoms with E-state index in [1.807, 2.05) is 35.2 Å². The molecule has 0 saturated carbocycles. The number of nitrogens with zero attached hydrogens (tertiary/aromatic N) is 1. The molecular weight excluding hydrogens is 378 g/mol. The van der Waals surface area contributed by atoms with Gasteiger partial charge in [0.1, 0.15) is 11.5 Å². The van der Waals surface area contributed by atoms with E-state index in [2.05, 4.69) is 15.9 Å². The predicted octanol–water partition coefficient (Wildman–Crippen LogP) is 4.51. The van der Waals surface area contributed by atoms with E-state index >= 15 is 0 Å². The number of ether oxygens (including phenoxy) is 2. The van der Waals surface area contributed by atoms with Gasteiger partial charge in [-0.05, 0) is 53.0 Å². The lowest BCUT2D eigenvalue weighted by molar-refractivity contribution is 0.0739. The molecular formula is C17H18BrNO3S. The van der Waals surface area contributed by atoms with E-state index in [1.165, 1.54) is 11.3 Å². The third kappa shape index (κ3) is 3.23. The van der Waals surface area contributed by atoms with Gasteiger partial charge in [0, 0.05) is 18.2 Å². The standard InChI is InChI=1S/C17H18BrNO3S/c1-21-11-5-6-12(14(10-11)22-2)13-4-3-9-19(13)17(20)15-7-8-16(18)23-15/h5-8,10,13H,3-4,9H2,1-2H3/t13-/m0/s1. The van der Waals surface area contributed by atoms with Gasteiger partial charge in [0.2, 0.25) is 0 Å². The van der Waals surface area contributed by atoms with E-state index < -0.39 is 0 Å². The number of halogens is 1. The van der Waals surface area contributed by atoms with Crippen LogP contribution in [0.15, 0.2) is 34.1 Å². The smallest absolute Gasteiger partial charge is 0.264 e. The third-order valence-electron chi connectivity index (χ3n) is 4.10. The molecule has 1 aromatic carbocycles. The van der Waals surface area contributed by atoms with E-state index in [0.717, 1.165) is 45.1 Å². The lowest BCUT2D eigenvalue weighted by Crippen LogP contribution is -2.30. The van der Waals surface area contributed by atoms with Gasteiger partial charge in [-0.25, -0.2) is 0 Å². The van der Waals surface area contributed by atoms with E-state index in [4.69, 9.17) is 9.47 Å². The van der Waals surface area contributed by atoms with Gasteiger partial charge in [-0.1, -0.05) is 0 Å². The van der Waals surface area contributed by atoms with Crippen LogP contribution in [0, 0.1) is 0 Å². The summed E-state index contributed by atoms with van der Waals surface area (Å²) in [6.45, 7) is 0.772. The van der Waals surface area contributed by atoms with Crippen molar-refractivity contribution in [3.05, 3.63) is 44.6 Å². The second-order valence-corrected chi connectivity index (χ2v) is 7.83. The number of thiophene rings is 1. The van der Waals surface area contributed by atoms with Crippen LogP contribution in [0.25, 0.3) is 0 Å². The van der Waals surface area contributed by atoms with Gasteiger partial charge in [-0.3, -0.25) is 4.79 Å². The van der Waals surface area contributed by atoms with Crippen LogP contribution < -0.4 is 9.47 Å². The number of methoxy groups -OCH3 is 2. The molecule has 0 radical (unpaired) electrons. The van der Waals surface area contributed by atoms with Gasteiger partial charge in [0.15, 0.2) is 0 Å². The van der Waals surface area contributed by atoms with Crippen molar-refractivity contribution in [3.8, 4) is 11.5 Å². The Morgan fingerprint density at radius 2 is 2.09 bits per heavy atom. The summed E-state index contributed by atoms with van der Waals surface area (Å²) in [6, 6.07) is 9.62. The van der Waals surface area contributed by atoms with Crippen LogP contribution in [0.3, 0.4) is 0 Å². The van der Waals surface area contributed by atoms with E-state index in [1.54, 1.807) is 14.2 Å². The fraction of sp³-hybridized carbons (Fsp3) is 0.353. The van der Waals surface area contributed by atoms with Crippen LogP contribution in [0.4, 0.5) is 0 Å². The maximum atomic E-state index is 12.8. The number of amides is 1. The zero-order valence-corrected chi connectivity index (χ0v) is 15.4. The molecule has 0 spiro atoms. The molecule has 1 aromatic heterocycles. The average molecular weight is 396 g/mol. The second kappa shape index (κ2) is 6.93. The van der Waals surface area contributed by atoms with Crippen LogP contribution >= 0.6 is 27.3 Å². The number of likely N-dealkylation sites (tertiary alicyclic amines) is 1. The topological polar surface area (TPSA) is 38.8 Å². The van der Waals surface area contributed by atoms with Crippen LogP contribution in [0.1, 0.15) is 34.1 Å². The van der Waals surface area contributed by atoms with Crippen LogP contribution in [0.5, 0.6) is 11.5 Å². The van der Waals surface area contributed by atoms with Crippen molar-refractivity contribution >= 4 is 33.2 Å². The maximum absolute atomic E-state index is 12.8. The zero-order chi connectivity index (χ0) is 16.4.